The number of aliphatic hydroxyl groups excluding tert-OH is 1. The maximum Gasteiger partial charge on any atom is 0.338 e. The number of hydrogen-bond acceptors (Lipinski definition) is 6. The highest BCUT2D eigenvalue weighted by molar-refractivity contribution is 6.08. The van der Waals surface area contributed by atoms with Gasteiger partial charge in [0.15, 0.2) is 0 Å². The summed E-state index contributed by atoms with van der Waals surface area (Å²) in [4.78, 5) is 23.0. The van der Waals surface area contributed by atoms with E-state index in [4.69, 9.17) is 9.84 Å². The summed E-state index contributed by atoms with van der Waals surface area (Å²) in [5.74, 6) is 1.18. The summed E-state index contributed by atoms with van der Waals surface area (Å²) in [6.07, 6.45) is 1.57. The Kier molecular flexibility index (Phi) is 6.25. The number of esters is 1. The number of benzene rings is 2. The number of anilines is 1. The normalized spacial score (nSPS) is 9.96. The highest BCUT2D eigenvalue weighted by Crippen LogP contribution is 2.15. The molecule has 0 fully saturated rings. The minimum Gasteiger partial charge on any atom is -0.462 e. The number of carbonyl (C=O) groups is 2. The topological polar surface area (TPSA) is 100 Å². The first-order valence-electron chi connectivity index (χ1n) is 7.37. The predicted octanol–water partition coefficient (Wildman–Crippen LogP) is 3.49. The molecular formula is C18H15N3O4. The van der Waals surface area contributed by atoms with E-state index in [1.54, 1.807) is 61.6 Å². The lowest BCUT2D eigenvalue weighted by Crippen LogP contribution is -2.03. The molecule has 2 aromatic rings. The third-order valence-electron chi connectivity index (χ3n) is 3.04. The fourth-order valence-electron chi connectivity index (χ4n) is 1.84. The molecule has 0 aliphatic rings. The summed E-state index contributed by atoms with van der Waals surface area (Å²) in [5, 5.41) is 16.2. The van der Waals surface area contributed by atoms with E-state index >= 15 is 0 Å². The Balaban J connectivity index is 1.95. The van der Waals surface area contributed by atoms with Crippen molar-refractivity contribution in [2.45, 2.75) is 6.92 Å². The number of carbonyl (C=O) groups excluding carboxylic acids is 2. The molecule has 0 amide bonds. The maximum absolute atomic E-state index is 11.5. The highest BCUT2D eigenvalue weighted by atomic mass is 16.5. The first-order chi connectivity index (χ1) is 12.1. The molecule has 2 N–H and O–H groups in total. The second kappa shape index (κ2) is 8.84. The van der Waals surface area contributed by atoms with Crippen molar-refractivity contribution < 1.29 is 19.4 Å². The molecule has 25 heavy (non-hydrogen) atoms. The van der Waals surface area contributed by atoms with E-state index in [1.807, 2.05) is 5.92 Å². The zero-order valence-corrected chi connectivity index (χ0v) is 13.4. The molecule has 0 spiro atoms. The Bertz CT molecular complexity index is 831. The van der Waals surface area contributed by atoms with Crippen molar-refractivity contribution in [2.24, 2.45) is 10.3 Å². The Morgan fingerprint density at radius 1 is 1.08 bits per heavy atom. The van der Waals surface area contributed by atoms with Crippen LogP contribution in [0.2, 0.25) is 0 Å². The molecule has 0 bridgehead atoms. The number of nitrogens with zero attached hydrogens (tertiary/aromatic N) is 2. The standard InChI is InChI=1S/C18H15N3O4/c1-2-25-18(24)14-5-9-16(10-6-14)20-21-19-15-7-3-13(4-8-15)17(23)11-12-22/h3-10,22H,2H2,1H3,(H,19,20). The lowest BCUT2D eigenvalue weighted by molar-refractivity contribution is 0.0526. The van der Waals surface area contributed by atoms with Crippen molar-refractivity contribution >= 4 is 23.1 Å². The van der Waals surface area contributed by atoms with Crippen LogP contribution in [0, 0.1) is 12.0 Å². The molecule has 0 saturated carbocycles. The zero-order chi connectivity index (χ0) is 18.1. The fourth-order valence-corrected chi connectivity index (χ4v) is 1.84. The Hall–Kier alpha value is -3.66. The first kappa shape index (κ1) is 17.7. The monoisotopic (exact) mass is 337 g/mol. The Morgan fingerprint density at radius 3 is 2.32 bits per heavy atom. The average Bonchev–Trinajstić information content (AvgIpc) is 2.63. The Labute approximate surface area is 144 Å². The van der Waals surface area contributed by atoms with Crippen molar-refractivity contribution in [2.75, 3.05) is 12.0 Å². The van der Waals surface area contributed by atoms with Gasteiger partial charge in [-0.05, 0) is 55.5 Å². The molecule has 2 rings (SSSR count). The van der Waals surface area contributed by atoms with E-state index in [9.17, 15) is 9.59 Å². The number of nitrogens with one attached hydrogen (secondary N) is 1. The summed E-state index contributed by atoms with van der Waals surface area (Å²) < 4.78 is 4.90. The lowest BCUT2D eigenvalue weighted by atomic mass is 10.1. The molecule has 0 aliphatic heterocycles. The van der Waals surface area contributed by atoms with Crippen molar-refractivity contribution in [1.29, 1.82) is 0 Å². The van der Waals surface area contributed by atoms with Gasteiger partial charge in [0, 0.05) is 11.5 Å². The second-order valence-electron chi connectivity index (χ2n) is 4.72. The van der Waals surface area contributed by atoms with Crippen LogP contribution in [0.4, 0.5) is 11.4 Å². The van der Waals surface area contributed by atoms with Gasteiger partial charge in [-0.3, -0.25) is 10.2 Å². The zero-order valence-electron chi connectivity index (χ0n) is 13.4. The number of ketones is 1. The minimum absolute atomic E-state index is 0.321. The van der Waals surface area contributed by atoms with Crippen LogP contribution in [0.25, 0.3) is 0 Å². The Morgan fingerprint density at radius 2 is 1.72 bits per heavy atom. The molecule has 0 atom stereocenters. The molecule has 0 aromatic heterocycles. The number of rotatable bonds is 6. The number of aliphatic hydroxyl groups is 1. The predicted molar refractivity (Wildman–Crippen MR) is 91.0 cm³/mol. The second-order valence-corrected chi connectivity index (χ2v) is 4.72. The molecule has 7 heteroatoms. The summed E-state index contributed by atoms with van der Waals surface area (Å²) in [7, 11) is 0. The fraction of sp³-hybridized carbons (Fsp3) is 0.111. The summed E-state index contributed by atoms with van der Waals surface area (Å²) in [5.41, 5.74) is 4.71. The number of hydrogen-bond donors (Lipinski definition) is 2. The molecule has 126 valence electrons. The molecule has 0 radical (unpaired) electrons. The van der Waals surface area contributed by atoms with E-state index < -0.39 is 5.78 Å². The quantitative estimate of drug-likeness (QED) is 0.276. The van der Waals surface area contributed by atoms with Crippen molar-refractivity contribution in [3.05, 3.63) is 59.7 Å². The van der Waals surface area contributed by atoms with Crippen molar-refractivity contribution in [3.63, 3.8) is 0 Å². The molecule has 0 aliphatic carbocycles. The molecule has 0 unspecified atom stereocenters. The van der Waals surface area contributed by atoms with Gasteiger partial charge in [0.25, 0.3) is 0 Å². The molecule has 0 heterocycles. The summed E-state index contributed by atoms with van der Waals surface area (Å²) >= 11 is 0. The van der Waals surface area contributed by atoms with Gasteiger partial charge in [-0.2, -0.15) is 0 Å². The van der Waals surface area contributed by atoms with E-state index in [1.165, 1.54) is 0 Å². The van der Waals surface area contributed by atoms with Gasteiger partial charge >= 0.3 is 5.97 Å². The van der Waals surface area contributed by atoms with Gasteiger partial charge in [0.05, 0.1) is 23.5 Å². The van der Waals surface area contributed by atoms with Crippen molar-refractivity contribution in [1.82, 2.24) is 0 Å². The van der Waals surface area contributed by atoms with Crippen LogP contribution in [0.3, 0.4) is 0 Å². The highest BCUT2D eigenvalue weighted by Gasteiger charge is 2.05. The third kappa shape index (κ3) is 5.18. The van der Waals surface area contributed by atoms with Gasteiger partial charge in [0.1, 0.15) is 6.11 Å². The van der Waals surface area contributed by atoms with Gasteiger partial charge in [-0.1, -0.05) is 5.22 Å². The summed E-state index contributed by atoms with van der Waals surface area (Å²) in [6.45, 7) is 2.07. The maximum atomic E-state index is 11.5. The molecular weight excluding hydrogens is 322 g/mol. The molecule has 0 saturated heterocycles. The van der Waals surface area contributed by atoms with Crippen LogP contribution < -0.4 is 5.43 Å². The van der Waals surface area contributed by atoms with Crippen molar-refractivity contribution in [3.8, 4) is 12.0 Å². The third-order valence-corrected chi connectivity index (χ3v) is 3.04. The SMILES string of the molecule is CCOC(=O)c1ccc(N=NNc2ccc(C(=O)C#CO)cc2)cc1. The van der Waals surface area contributed by atoms with Gasteiger partial charge in [0.2, 0.25) is 5.78 Å². The van der Waals surface area contributed by atoms with E-state index in [2.05, 4.69) is 15.8 Å². The van der Waals surface area contributed by atoms with Crippen LogP contribution in [-0.4, -0.2) is 23.5 Å². The van der Waals surface area contributed by atoms with Crippen LogP contribution in [0.1, 0.15) is 27.6 Å². The first-order valence-corrected chi connectivity index (χ1v) is 7.37. The molecule has 7 nitrogen and oxygen atoms in total. The van der Waals surface area contributed by atoms with Gasteiger partial charge in [-0.15, -0.1) is 5.11 Å². The minimum atomic E-state index is -0.475. The van der Waals surface area contributed by atoms with Crippen LogP contribution in [-0.2, 0) is 4.74 Å². The lowest BCUT2D eigenvalue weighted by Gasteiger charge is -2.02. The molecule has 2 aromatic carbocycles. The average molecular weight is 337 g/mol. The van der Waals surface area contributed by atoms with E-state index in [0.29, 0.717) is 29.1 Å². The smallest absolute Gasteiger partial charge is 0.338 e. The number of ether oxygens (including phenoxy) is 1. The van der Waals surface area contributed by atoms with Gasteiger partial charge in [-0.25, -0.2) is 4.79 Å². The summed E-state index contributed by atoms with van der Waals surface area (Å²) in [6, 6.07) is 12.9. The number of Topliss-reactive ketones (excluding diaryl/α,β-unsaturated/α-hetero) is 1. The van der Waals surface area contributed by atoms with Crippen LogP contribution >= 0.6 is 0 Å². The van der Waals surface area contributed by atoms with E-state index in [0.717, 1.165) is 0 Å². The van der Waals surface area contributed by atoms with Crippen LogP contribution in [0.5, 0.6) is 0 Å². The van der Waals surface area contributed by atoms with Crippen LogP contribution in [0.15, 0.2) is 58.9 Å². The largest absolute Gasteiger partial charge is 0.462 e. The van der Waals surface area contributed by atoms with Gasteiger partial charge < -0.3 is 9.84 Å². The van der Waals surface area contributed by atoms with E-state index in [-0.39, 0.29) is 5.97 Å².